The van der Waals surface area contributed by atoms with Crippen LogP contribution in [0.25, 0.3) is 0 Å². The minimum atomic E-state index is 0.0149. The molecule has 3 nitrogen and oxygen atoms in total. The highest BCUT2D eigenvalue weighted by Gasteiger charge is 2.39. The summed E-state index contributed by atoms with van der Waals surface area (Å²) in [5.74, 6) is 0.617. The van der Waals surface area contributed by atoms with Crippen molar-refractivity contribution in [3.05, 3.63) is 59.2 Å². The Kier molecular flexibility index (Phi) is 3.74. The van der Waals surface area contributed by atoms with E-state index in [0.29, 0.717) is 12.0 Å². The van der Waals surface area contributed by atoms with E-state index < -0.39 is 0 Å². The molecule has 1 heterocycles. The fourth-order valence-corrected chi connectivity index (χ4v) is 4.40. The summed E-state index contributed by atoms with van der Waals surface area (Å²) in [6.45, 7) is 2.23. The van der Waals surface area contributed by atoms with Crippen LogP contribution in [0, 0.1) is 0 Å². The van der Waals surface area contributed by atoms with Crippen molar-refractivity contribution < 1.29 is 10.2 Å². The lowest BCUT2D eigenvalue weighted by Crippen LogP contribution is -2.36. The molecule has 3 heteroatoms. The van der Waals surface area contributed by atoms with Gasteiger partial charge in [-0.25, -0.2) is 0 Å². The molecule has 0 saturated carbocycles. The van der Waals surface area contributed by atoms with Crippen LogP contribution in [0.15, 0.2) is 42.5 Å². The molecular weight excluding hydrogens is 286 g/mol. The predicted octanol–water partition coefficient (Wildman–Crippen LogP) is 3.44. The predicted molar refractivity (Wildman–Crippen MR) is 91.0 cm³/mol. The van der Waals surface area contributed by atoms with Crippen LogP contribution < -0.4 is 0 Å². The fraction of sp³-hybridized carbons (Fsp3) is 0.400. The second-order valence-corrected chi connectivity index (χ2v) is 6.77. The van der Waals surface area contributed by atoms with Crippen molar-refractivity contribution in [2.75, 3.05) is 13.1 Å². The number of phenols is 2. The molecule has 1 saturated heterocycles. The number of phenolic OH excluding ortho intramolecular Hbond substituents is 2. The molecule has 23 heavy (non-hydrogen) atoms. The van der Waals surface area contributed by atoms with Gasteiger partial charge >= 0.3 is 0 Å². The van der Waals surface area contributed by atoms with E-state index in [0.717, 1.165) is 44.3 Å². The highest BCUT2D eigenvalue weighted by Crippen LogP contribution is 2.46. The van der Waals surface area contributed by atoms with E-state index in [9.17, 15) is 10.2 Å². The van der Waals surface area contributed by atoms with Crippen molar-refractivity contribution in [2.45, 2.75) is 37.6 Å². The first kappa shape index (κ1) is 14.6. The molecule has 0 bridgehead atoms. The first-order valence-corrected chi connectivity index (χ1v) is 8.55. The molecule has 1 fully saturated rings. The number of hydrogen-bond acceptors (Lipinski definition) is 3. The van der Waals surface area contributed by atoms with Gasteiger partial charge in [0.2, 0.25) is 0 Å². The summed E-state index contributed by atoms with van der Waals surface area (Å²) in [6, 6.07) is 14.9. The van der Waals surface area contributed by atoms with Crippen molar-refractivity contribution in [3.8, 4) is 11.5 Å². The lowest BCUT2D eigenvalue weighted by Gasteiger charge is -2.33. The van der Waals surface area contributed by atoms with Crippen LogP contribution in [-0.2, 0) is 12.8 Å². The zero-order valence-electron chi connectivity index (χ0n) is 13.3. The average molecular weight is 309 g/mol. The molecule has 0 amide bonds. The number of benzene rings is 2. The van der Waals surface area contributed by atoms with Gasteiger partial charge in [-0.3, -0.25) is 4.90 Å². The summed E-state index contributed by atoms with van der Waals surface area (Å²) in [6.07, 6.45) is 4.18. The van der Waals surface area contributed by atoms with Crippen LogP contribution in [0.1, 0.15) is 35.4 Å². The Labute approximate surface area is 137 Å². The normalized spacial score (nSPS) is 23.5. The number of rotatable bonds is 3. The van der Waals surface area contributed by atoms with Crippen LogP contribution in [-0.4, -0.2) is 34.2 Å². The first-order chi connectivity index (χ1) is 11.2. The molecule has 120 valence electrons. The van der Waals surface area contributed by atoms with Crippen molar-refractivity contribution in [3.63, 3.8) is 0 Å². The molecule has 0 radical (unpaired) electrons. The SMILES string of the molecule is Oc1ccc2c(c1O)CC[C@@H]1[C@H]2CCN1CCc1ccccc1. The highest BCUT2D eigenvalue weighted by atomic mass is 16.3. The molecule has 2 atom stereocenters. The quantitative estimate of drug-likeness (QED) is 0.854. The van der Waals surface area contributed by atoms with Crippen LogP contribution in [0.3, 0.4) is 0 Å². The third kappa shape index (κ3) is 2.59. The standard InChI is InChI=1S/C20H23NO2/c22-19-9-7-15-16-11-13-21(12-10-14-4-2-1-3-5-14)18(16)8-6-17(15)20(19)23/h1-5,7,9,16,18,22-23H,6,8,10-13H2/t16-,18+/m0/s1. The van der Waals surface area contributed by atoms with Crippen LogP contribution in [0.2, 0.25) is 0 Å². The van der Waals surface area contributed by atoms with E-state index >= 15 is 0 Å². The number of likely N-dealkylation sites (tertiary alicyclic amines) is 1. The van der Waals surface area contributed by atoms with E-state index in [1.165, 1.54) is 11.1 Å². The topological polar surface area (TPSA) is 43.7 Å². The molecule has 4 rings (SSSR count). The molecule has 1 aliphatic heterocycles. The Bertz CT molecular complexity index is 698. The third-order valence-electron chi connectivity index (χ3n) is 5.58. The third-order valence-corrected chi connectivity index (χ3v) is 5.58. The van der Waals surface area contributed by atoms with E-state index in [1.807, 2.05) is 6.07 Å². The first-order valence-electron chi connectivity index (χ1n) is 8.55. The Balaban J connectivity index is 1.50. The summed E-state index contributed by atoms with van der Waals surface area (Å²) in [5.41, 5.74) is 3.62. The summed E-state index contributed by atoms with van der Waals surface area (Å²) < 4.78 is 0. The van der Waals surface area contributed by atoms with Crippen molar-refractivity contribution in [1.29, 1.82) is 0 Å². The van der Waals surface area contributed by atoms with Gasteiger partial charge in [-0.2, -0.15) is 0 Å². The molecule has 0 aromatic heterocycles. The van der Waals surface area contributed by atoms with Gasteiger partial charge < -0.3 is 10.2 Å². The van der Waals surface area contributed by atoms with E-state index in [4.69, 9.17) is 0 Å². The Morgan fingerprint density at radius 3 is 2.65 bits per heavy atom. The van der Waals surface area contributed by atoms with Gasteiger partial charge in [0, 0.05) is 24.1 Å². The van der Waals surface area contributed by atoms with Crippen molar-refractivity contribution in [2.24, 2.45) is 0 Å². The molecular formula is C20H23NO2. The van der Waals surface area contributed by atoms with Crippen molar-refractivity contribution in [1.82, 2.24) is 4.90 Å². The fourth-order valence-electron chi connectivity index (χ4n) is 4.40. The zero-order chi connectivity index (χ0) is 15.8. The van der Waals surface area contributed by atoms with Gasteiger partial charge in [0.25, 0.3) is 0 Å². The van der Waals surface area contributed by atoms with Gasteiger partial charge in [-0.1, -0.05) is 36.4 Å². The lowest BCUT2D eigenvalue weighted by atomic mass is 9.79. The Morgan fingerprint density at radius 2 is 1.83 bits per heavy atom. The van der Waals surface area contributed by atoms with Gasteiger partial charge in [0.15, 0.2) is 11.5 Å². The maximum Gasteiger partial charge on any atom is 0.160 e. The monoisotopic (exact) mass is 309 g/mol. The van der Waals surface area contributed by atoms with Crippen molar-refractivity contribution >= 4 is 0 Å². The summed E-state index contributed by atoms with van der Waals surface area (Å²) >= 11 is 0. The average Bonchev–Trinajstić information content (AvgIpc) is 3.00. The molecule has 2 N–H and O–H groups in total. The molecule has 2 aliphatic rings. The number of aromatic hydroxyl groups is 2. The smallest absolute Gasteiger partial charge is 0.160 e. The van der Waals surface area contributed by atoms with Crippen LogP contribution >= 0.6 is 0 Å². The van der Waals surface area contributed by atoms with E-state index in [-0.39, 0.29) is 11.5 Å². The summed E-state index contributed by atoms with van der Waals surface area (Å²) in [5, 5.41) is 19.8. The maximum atomic E-state index is 10.1. The second-order valence-electron chi connectivity index (χ2n) is 6.77. The van der Waals surface area contributed by atoms with Gasteiger partial charge in [0.1, 0.15) is 0 Å². The van der Waals surface area contributed by atoms with Crippen LogP contribution in [0.4, 0.5) is 0 Å². The minimum Gasteiger partial charge on any atom is -0.504 e. The largest absolute Gasteiger partial charge is 0.504 e. The Hall–Kier alpha value is -2.00. The van der Waals surface area contributed by atoms with Crippen LogP contribution in [0.5, 0.6) is 11.5 Å². The molecule has 0 unspecified atom stereocenters. The number of nitrogens with zero attached hydrogens (tertiary/aromatic N) is 1. The molecule has 2 aromatic rings. The number of hydrogen-bond donors (Lipinski definition) is 2. The number of fused-ring (bicyclic) bond motifs is 3. The van der Waals surface area contributed by atoms with E-state index in [1.54, 1.807) is 6.07 Å². The van der Waals surface area contributed by atoms with Gasteiger partial charge in [-0.05, 0) is 49.4 Å². The van der Waals surface area contributed by atoms with E-state index in [2.05, 4.69) is 35.2 Å². The lowest BCUT2D eigenvalue weighted by molar-refractivity contribution is 0.228. The molecule has 2 aromatic carbocycles. The van der Waals surface area contributed by atoms with Gasteiger partial charge in [0.05, 0.1) is 0 Å². The second kappa shape index (κ2) is 5.89. The summed E-state index contributed by atoms with van der Waals surface area (Å²) in [7, 11) is 0. The molecule has 0 spiro atoms. The zero-order valence-corrected chi connectivity index (χ0v) is 13.3. The summed E-state index contributed by atoms with van der Waals surface area (Å²) in [4.78, 5) is 2.62. The molecule has 1 aliphatic carbocycles. The highest BCUT2D eigenvalue weighted by molar-refractivity contribution is 5.52. The minimum absolute atomic E-state index is 0.0149. The Morgan fingerprint density at radius 1 is 1.00 bits per heavy atom. The maximum absolute atomic E-state index is 10.1. The van der Waals surface area contributed by atoms with Gasteiger partial charge in [-0.15, -0.1) is 0 Å².